The summed E-state index contributed by atoms with van der Waals surface area (Å²) < 4.78 is 37.7. The van der Waals surface area contributed by atoms with Gasteiger partial charge in [0.05, 0.1) is 13.2 Å². The van der Waals surface area contributed by atoms with E-state index in [9.17, 15) is 13.6 Å². The van der Waals surface area contributed by atoms with Crippen LogP contribution in [0.3, 0.4) is 0 Å². The predicted molar refractivity (Wildman–Crippen MR) is 102 cm³/mol. The molecule has 0 aliphatic carbocycles. The molecule has 0 saturated heterocycles. The highest BCUT2D eigenvalue weighted by Crippen LogP contribution is 2.25. The summed E-state index contributed by atoms with van der Waals surface area (Å²) in [6.07, 6.45) is 0.614. The van der Waals surface area contributed by atoms with E-state index in [1.807, 2.05) is 36.4 Å². The van der Waals surface area contributed by atoms with Crippen LogP contribution in [0, 0.1) is 11.6 Å². The van der Waals surface area contributed by atoms with Crippen LogP contribution in [-0.2, 0) is 11.2 Å². The summed E-state index contributed by atoms with van der Waals surface area (Å²) in [6, 6.07) is 13.9. The average Bonchev–Trinajstić information content (AvgIpc) is 3.15. The Labute approximate surface area is 162 Å². The molecule has 3 aromatic rings. The van der Waals surface area contributed by atoms with E-state index in [-0.39, 0.29) is 17.9 Å². The zero-order valence-corrected chi connectivity index (χ0v) is 15.7. The molecule has 4 nitrogen and oxygen atoms in total. The van der Waals surface area contributed by atoms with Crippen molar-refractivity contribution in [3.63, 3.8) is 0 Å². The fourth-order valence-corrected chi connectivity index (χ4v) is 2.90. The maximum Gasteiger partial charge on any atom is 0.220 e. The first-order chi connectivity index (χ1) is 13.5. The number of halogens is 2. The van der Waals surface area contributed by atoms with Gasteiger partial charge in [0, 0.05) is 30.0 Å². The van der Waals surface area contributed by atoms with Gasteiger partial charge in [-0.2, -0.15) is 0 Å². The van der Waals surface area contributed by atoms with Crippen molar-refractivity contribution in [3.8, 4) is 17.1 Å². The minimum atomic E-state index is -0.678. The molecule has 28 heavy (non-hydrogen) atoms. The molecule has 0 aliphatic heterocycles. The van der Waals surface area contributed by atoms with Gasteiger partial charge in [-0.05, 0) is 49.4 Å². The number of benzene rings is 2. The van der Waals surface area contributed by atoms with Gasteiger partial charge in [0.1, 0.15) is 28.9 Å². The summed E-state index contributed by atoms with van der Waals surface area (Å²) in [5, 5.41) is 2.72. The number of furan rings is 1. The Morgan fingerprint density at radius 3 is 2.54 bits per heavy atom. The highest BCUT2D eigenvalue weighted by molar-refractivity contribution is 5.76. The summed E-state index contributed by atoms with van der Waals surface area (Å²) in [5.41, 5.74) is 1.16. The molecule has 0 bridgehead atoms. The zero-order chi connectivity index (χ0) is 20.1. The summed E-state index contributed by atoms with van der Waals surface area (Å²) in [6.45, 7) is 1.66. The second kappa shape index (κ2) is 8.69. The van der Waals surface area contributed by atoms with E-state index in [1.165, 1.54) is 12.1 Å². The highest BCUT2D eigenvalue weighted by atomic mass is 19.1. The normalized spacial score (nSPS) is 11.9. The third-order valence-corrected chi connectivity index (χ3v) is 4.44. The molecule has 0 radical (unpaired) electrons. The Hall–Kier alpha value is -3.15. The number of amides is 1. The maximum atomic E-state index is 13.8. The van der Waals surface area contributed by atoms with Crippen LogP contribution >= 0.6 is 0 Å². The van der Waals surface area contributed by atoms with Crippen molar-refractivity contribution in [3.05, 3.63) is 77.6 Å². The van der Waals surface area contributed by atoms with Crippen molar-refractivity contribution in [1.82, 2.24) is 5.32 Å². The smallest absolute Gasteiger partial charge is 0.220 e. The fourth-order valence-electron chi connectivity index (χ4n) is 2.90. The maximum absolute atomic E-state index is 13.8. The molecule has 6 heteroatoms. The number of carbonyl (C=O) groups is 1. The largest absolute Gasteiger partial charge is 0.497 e. The second-order valence-electron chi connectivity index (χ2n) is 6.45. The van der Waals surface area contributed by atoms with Gasteiger partial charge in [0.2, 0.25) is 5.91 Å². The van der Waals surface area contributed by atoms with Crippen LogP contribution in [0.1, 0.15) is 30.7 Å². The highest BCUT2D eigenvalue weighted by Gasteiger charge is 2.15. The van der Waals surface area contributed by atoms with Gasteiger partial charge < -0.3 is 14.5 Å². The van der Waals surface area contributed by atoms with Gasteiger partial charge in [-0.25, -0.2) is 8.78 Å². The number of ether oxygens (including phenoxy) is 1. The lowest BCUT2D eigenvalue weighted by Gasteiger charge is -2.15. The molecule has 0 unspecified atom stereocenters. The number of rotatable bonds is 7. The lowest BCUT2D eigenvalue weighted by Crippen LogP contribution is -2.27. The van der Waals surface area contributed by atoms with Crippen LogP contribution < -0.4 is 10.1 Å². The van der Waals surface area contributed by atoms with Crippen molar-refractivity contribution in [2.75, 3.05) is 7.11 Å². The Balaban J connectivity index is 1.55. The zero-order valence-electron chi connectivity index (χ0n) is 15.7. The Kier molecular flexibility index (Phi) is 6.09. The molecular formula is C22H21F2NO3. The third-order valence-electron chi connectivity index (χ3n) is 4.44. The molecular weight excluding hydrogens is 364 g/mol. The van der Waals surface area contributed by atoms with Gasteiger partial charge in [-0.15, -0.1) is 0 Å². The molecule has 0 spiro atoms. The van der Waals surface area contributed by atoms with E-state index in [4.69, 9.17) is 9.15 Å². The Bertz CT molecular complexity index is 951. The molecule has 2 aromatic carbocycles. The van der Waals surface area contributed by atoms with Crippen LogP contribution in [-0.4, -0.2) is 13.0 Å². The Morgan fingerprint density at radius 1 is 1.11 bits per heavy atom. The minimum absolute atomic E-state index is 0.197. The van der Waals surface area contributed by atoms with E-state index in [1.54, 1.807) is 14.0 Å². The molecule has 0 fully saturated rings. The molecule has 3 rings (SSSR count). The first kappa shape index (κ1) is 19.6. The molecule has 1 aromatic heterocycles. The van der Waals surface area contributed by atoms with E-state index >= 15 is 0 Å². The lowest BCUT2D eigenvalue weighted by molar-refractivity contribution is -0.121. The van der Waals surface area contributed by atoms with Crippen LogP contribution in [0.25, 0.3) is 11.3 Å². The average molecular weight is 385 g/mol. The van der Waals surface area contributed by atoms with Crippen molar-refractivity contribution in [2.24, 2.45) is 0 Å². The number of carbonyl (C=O) groups excluding carboxylic acids is 1. The summed E-state index contributed by atoms with van der Waals surface area (Å²) in [4.78, 5) is 12.2. The van der Waals surface area contributed by atoms with E-state index < -0.39 is 17.7 Å². The molecule has 0 saturated carbocycles. The molecule has 1 N–H and O–H groups in total. The molecule has 1 atom stereocenters. The number of methoxy groups -OCH3 is 1. The monoisotopic (exact) mass is 385 g/mol. The Morgan fingerprint density at radius 2 is 1.86 bits per heavy atom. The van der Waals surface area contributed by atoms with Crippen molar-refractivity contribution in [1.29, 1.82) is 0 Å². The van der Waals surface area contributed by atoms with E-state index in [0.717, 1.165) is 17.4 Å². The van der Waals surface area contributed by atoms with E-state index in [0.29, 0.717) is 17.9 Å². The number of nitrogens with one attached hydrogen (secondary N) is 1. The number of aryl methyl sites for hydroxylation is 1. The quantitative estimate of drug-likeness (QED) is 0.620. The van der Waals surface area contributed by atoms with Gasteiger partial charge in [0.25, 0.3) is 0 Å². The topological polar surface area (TPSA) is 51.5 Å². The SMILES string of the molecule is COc1ccc(-c2ccc(CCC(=O)N[C@@H](C)c3ccc(F)cc3F)o2)cc1. The standard InChI is InChI=1S/C22H21F2NO3/c1-14(19-10-5-16(23)13-20(19)24)25-22(26)12-9-18-8-11-21(28-18)15-3-6-17(27-2)7-4-15/h3-8,10-11,13-14H,9,12H2,1-2H3,(H,25,26)/t14-/m0/s1. The van der Waals surface area contributed by atoms with Crippen molar-refractivity contribution >= 4 is 5.91 Å². The number of hydrogen-bond acceptors (Lipinski definition) is 3. The van der Waals surface area contributed by atoms with Gasteiger partial charge >= 0.3 is 0 Å². The van der Waals surface area contributed by atoms with Gasteiger partial charge in [-0.3, -0.25) is 4.79 Å². The molecule has 1 amide bonds. The first-order valence-electron chi connectivity index (χ1n) is 8.93. The van der Waals surface area contributed by atoms with E-state index in [2.05, 4.69) is 5.32 Å². The lowest BCUT2D eigenvalue weighted by atomic mass is 10.1. The number of hydrogen-bond donors (Lipinski definition) is 1. The predicted octanol–water partition coefficient (Wildman–Crippen LogP) is 5.04. The minimum Gasteiger partial charge on any atom is -0.497 e. The molecule has 146 valence electrons. The van der Waals surface area contributed by atoms with Crippen molar-refractivity contribution < 1.29 is 22.7 Å². The van der Waals surface area contributed by atoms with Crippen LogP contribution in [0.2, 0.25) is 0 Å². The van der Waals surface area contributed by atoms with Gasteiger partial charge in [-0.1, -0.05) is 6.07 Å². The van der Waals surface area contributed by atoms with Crippen LogP contribution in [0.5, 0.6) is 5.75 Å². The molecule has 1 heterocycles. The first-order valence-corrected chi connectivity index (χ1v) is 8.93. The van der Waals surface area contributed by atoms with Gasteiger partial charge in [0.15, 0.2) is 0 Å². The summed E-state index contributed by atoms with van der Waals surface area (Å²) >= 11 is 0. The second-order valence-corrected chi connectivity index (χ2v) is 6.45. The fraction of sp³-hybridized carbons (Fsp3) is 0.227. The van der Waals surface area contributed by atoms with Crippen molar-refractivity contribution in [2.45, 2.75) is 25.8 Å². The van der Waals surface area contributed by atoms with Crippen LogP contribution in [0.15, 0.2) is 59.0 Å². The summed E-state index contributed by atoms with van der Waals surface area (Å²) in [7, 11) is 1.61. The van der Waals surface area contributed by atoms with Crippen LogP contribution in [0.4, 0.5) is 8.78 Å². The third kappa shape index (κ3) is 4.76. The molecule has 0 aliphatic rings. The summed E-state index contributed by atoms with van der Waals surface area (Å²) in [5.74, 6) is 0.590.